The van der Waals surface area contributed by atoms with Crippen LogP contribution in [0.5, 0.6) is 0 Å². The highest BCUT2D eigenvalue weighted by Crippen LogP contribution is 2.25. The molecule has 0 aliphatic carbocycles. The Labute approximate surface area is 152 Å². The van der Waals surface area contributed by atoms with Gasteiger partial charge in [0.05, 0.1) is 12.2 Å². The van der Waals surface area contributed by atoms with Crippen LogP contribution in [0.25, 0.3) is 0 Å². The maximum atomic E-state index is 12.8. The topological polar surface area (TPSA) is 60.3 Å². The molecule has 5 nitrogen and oxygen atoms in total. The third-order valence-electron chi connectivity index (χ3n) is 3.88. The Bertz CT molecular complexity index is 807. The summed E-state index contributed by atoms with van der Waals surface area (Å²) in [5.74, 6) is -0.735. The van der Waals surface area contributed by atoms with Crippen LogP contribution in [0.15, 0.2) is 36.9 Å². The third kappa shape index (κ3) is 3.94. The number of hydrogen-bond acceptors (Lipinski definition) is 3. The lowest BCUT2D eigenvalue weighted by atomic mass is 10.1. The quantitative estimate of drug-likeness (QED) is 0.614. The van der Waals surface area contributed by atoms with Crippen molar-refractivity contribution in [2.75, 3.05) is 11.9 Å². The number of aromatic nitrogens is 1. The molecule has 132 valence electrons. The van der Waals surface area contributed by atoms with Gasteiger partial charge < -0.3 is 14.6 Å². The van der Waals surface area contributed by atoms with Crippen LogP contribution in [0.2, 0.25) is 5.02 Å². The minimum absolute atomic E-state index is 0.267. The number of amides is 1. The SMILES string of the molecule is C=CCn1c(C)c(C(=O)Nc2ccc(Cl)cc2)c(C)c1C(=O)OCC. The van der Waals surface area contributed by atoms with E-state index in [9.17, 15) is 9.59 Å². The normalized spacial score (nSPS) is 10.4. The van der Waals surface area contributed by atoms with Crippen LogP contribution in [0.4, 0.5) is 5.69 Å². The number of rotatable bonds is 6. The molecule has 0 bridgehead atoms. The van der Waals surface area contributed by atoms with E-state index >= 15 is 0 Å². The van der Waals surface area contributed by atoms with E-state index in [-0.39, 0.29) is 12.5 Å². The van der Waals surface area contributed by atoms with Crippen LogP contribution in [-0.2, 0) is 11.3 Å². The van der Waals surface area contributed by atoms with Gasteiger partial charge in [-0.2, -0.15) is 0 Å². The van der Waals surface area contributed by atoms with Gasteiger partial charge in [0, 0.05) is 22.9 Å². The average molecular weight is 361 g/mol. The molecule has 0 radical (unpaired) electrons. The predicted molar refractivity (Wildman–Crippen MR) is 99.5 cm³/mol. The number of allylic oxidation sites excluding steroid dienone is 1. The fourth-order valence-electron chi connectivity index (χ4n) is 2.78. The molecule has 1 aromatic heterocycles. The number of carbonyl (C=O) groups is 2. The maximum absolute atomic E-state index is 12.8. The first-order valence-electron chi connectivity index (χ1n) is 7.95. The standard InChI is InChI=1S/C19H21ClN2O3/c1-5-11-22-13(4)16(12(3)17(22)19(24)25-6-2)18(23)21-15-9-7-14(20)8-10-15/h5,7-10H,1,6,11H2,2-4H3,(H,21,23). The molecule has 6 heteroatoms. The van der Waals surface area contributed by atoms with Crippen molar-refractivity contribution >= 4 is 29.2 Å². The zero-order valence-corrected chi connectivity index (χ0v) is 15.3. The van der Waals surface area contributed by atoms with E-state index in [2.05, 4.69) is 11.9 Å². The van der Waals surface area contributed by atoms with Crippen LogP contribution in [0.3, 0.4) is 0 Å². The monoisotopic (exact) mass is 360 g/mol. The molecule has 0 saturated carbocycles. The Morgan fingerprint density at radius 3 is 2.48 bits per heavy atom. The lowest BCUT2D eigenvalue weighted by Gasteiger charge is -2.09. The molecule has 0 unspecified atom stereocenters. The number of carbonyl (C=O) groups excluding carboxylic acids is 2. The number of nitrogens with one attached hydrogen (secondary N) is 1. The number of hydrogen-bond donors (Lipinski definition) is 1. The van der Waals surface area contributed by atoms with Crippen LogP contribution in [0, 0.1) is 13.8 Å². The molecule has 0 spiro atoms. The van der Waals surface area contributed by atoms with Gasteiger partial charge in [0.15, 0.2) is 0 Å². The number of halogens is 1. The first kappa shape index (κ1) is 18.8. The number of benzene rings is 1. The zero-order chi connectivity index (χ0) is 18.6. The van der Waals surface area contributed by atoms with Gasteiger partial charge in [0.1, 0.15) is 5.69 Å². The number of nitrogens with zero attached hydrogens (tertiary/aromatic N) is 1. The summed E-state index contributed by atoms with van der Waals surface area (Å²) in [6, 6.07) is 6.84. The molecule has 2 rings (SSSR count). The first-order chi connectivity index (χ1) is 11.9. The van der Waals surface area contributed by atoms with Gasteiger partial charge in [-0.15, -0.1) is 6.58 Å². The molecule has 0 atom stereocenters. The van der Waals surface area contributed by atoms with Crippen molar-refractivity contribution in [3.8, 4) is 0 Å². The van der Waals surface area contributed by atoms with Gasteiger partial charge in [-0.05, 0) is 50.6 Å². The summed E-state index contributed by atoms with van der Waals surface area (Å²) in [5, 5.41) is 3.42. The Balaban J connectivity index is 2.44. The van der Waals surface area contributed by atoms with Crippen molar-refractivity contribution in [3.63, 3.8) is 0 Å². The van der Waals surface area contributed by atoms with Gasteiger partial charge in [-0.25, -0.2) is 4.79 Å². The van der Waals surface area contributed by atoms with Crippen LogP contribution in [0.1, 0.15) is 39.0 Å². The van der Waals surface area contributed by atoms with Gasteiger partial charge in [0.2, 0.25) is 0 Å². The lowest BCUT2D eigenvalue weighted by Crippen LogP contribution is -2.14. The molecule has 2 aromatic rings. The maximum Gasteiger partial charge on any atom is 0.355 e. The van der Waals surface area contributed by atoms with Gasteiger partial charge >= 0.3 is 5.97 Å². The van der Waals surface area contributed by atoms with E-state index < -0.39 is 5.97 Å². The second kappa shape index (κ2) is 8.03. The summed E-state index contributed by atoms with van der Waals surface area (Å²) in [6.07, 6.45) is 1.68. The largest absolute Gasteiger partial charge is 0.461 e. The van der Waals surface area contributed by atoms with Crippen LogP contribution in [-0.4, -0.2) is 23.1 Å². The van der Waals surface area contributed by atoms with Gasteiger partial charge in [-0.3, -0.25) is 4.79 Å². The number of anilines is 1. The van der Waals surface area contributed by atoms with Crippen molar-refractivity contribution in [1.82, 2.24) is 4.57 Å². The second-order valence-corrected chi connectivity index (χ2v) is 5.95. The summed E-state index contributed by atoms with van der Waals surface area (Å²) in [6.45, 7) is 9.69. The third-order valence-corrected chi connectivity index (χ3v) is 4.13. The predicted octanol–water partition coefficient (Wildman–Crippen LogP) is 4.37. The molecule has 1 aromatic carbocycles. The molecular weight excluding hydrogens is 340 g/mol. The van der Waals surface area contributed by atoms with E-state index in [1.165, 1.54) is 0 Å². The summed E-state index contributed by atoms with van der Waals surface area (Å²) >= 11 is 5.86. The number of esters is 1. The Morgan fingerprint density at radius 1 is 1.28 bits per heavy atom. The van der Waals surface area contributed by atoms with Crippen molar-refractivity contribution in [3.05, 3.63) is 64.5 Å². The molecule has 1 amide bonds. The second-order valence-electron chi connectivity index (χ2n) is 5.51. The van der Waals surface area contributed by atoms with Crippen molar-refractivity contribution in [2.45, 2.75) is 27.3 Å². The molecule has 0 saturated heterocycles. The summed E-state index contributed by atoms with van der Waals surface area (Å²) in [5.41, 5.74) is 2.74. The van der Waals surface area contributed by atoms with Gasteiger partial charge in [-0.1, -0.05) is 17.7 Å². The van der Waals surface area contributed by atoms with Crippen molar-refractivity contribution in [1.29, 1.82) is 0 Å². The van der Waals surface area contributed by atoms with Crippen LogP contribution >= 0.6 is 11.6 Å². The Kier molecular flexibility index (Phi) is 6.04. The summed E-state index contributed by atoms with van der Waals surface area (Å²) in [7, 11) is 0. The van der Waals surface area contributed by atoms with Crippen molar-refractivity contribution < 1.29 is 14.3 Å². The van der Waals surface area contributed by atoms with Crippen LogP contribution < -0.4 is 5.32 Å². The average Bonchev–Trinajstić information content (AvgIpc) is 2.81. The fraction of sp³-hybridized carbons (Fsp3) is 0.263. The molecule has 0 aliphatic heterocycles. The first-order valence-corrected chi connectivity index (χ1v) is 8.33. The van der Waals surface area contributed by atoms with E-state index in [0.717, 1.165) is 0 Å². The summed E-state index contributed by atoms with van der Waals surface area (Å²) < 4.78 is 6.88. The molecule has 25 heavy (non-hydrogen) atoms. The smallest absolute Gasteiger partial charge is 0.355 e. The zero-order valence-electron chi connectivity index (χ0n) is 14.6. The highest BCUT2D eigenvalue weighted by molar-refractivity contribution is 6.30. The van der Waals surface area contributed by atoms with Crippen molar-refractivity contribution in [2.24, 2.45) is 0 Å². The molecule has 1 heterocycles. The Morgan fingerprint density at radius 2 is 1.92 bits per heavy atom. The summed E-state index contributed by atoms with van der Waals surface area (Å²) in [4.78, 5) is 25.1. The van der Waals surface area contributed by atoms with Gasteiger partial charge in [0.25, 0.3) is 5.91 Å². The lowest BCUT2D eigenvalue weighted by molar-refractivity contribution is 0.0513. The Hall–Kier alpha value is -2.53. The molecule has 0 aliphatic rings. The highest BCUT2D eigenvalue weighted by atomic mass is 35.5. The minimum Gasteiger partial charge on any atom is -0.461 e. The highest BCUT2D eigenvalue weighted by Gasteiger charge is 2.26. The molecule has 0 fully saturated rings. The minimum atomic E-state index is -0.449. The van der Waals surface area contributed by atoms with E-state index in [1.54, 1.807) is 55.7 Å². The van der Waals surface area contributed by atoms with E-state index in [1.807, 2.05) is 0 Å². The molecular formula is C19H21ClN2O3. The van der Waals surface area contributed by atoms with E-state index in [0.29, 0.717) is 39.8 Å². The van der Waals surface area contributed by atoms with E-state index in [4.69, 9.17) is 16.3 Å². The number of ether oxygens (including phenoxy) is 1. The molecule has 1 N–H and O–H groups in total. The fourth-order valence-corrected chi connectivity index (χ4v) is 2.90.